The third-order valence-corrected chi connectivity index (χ3v) is 4.97. The molecule has 0 aromatic heterocycles. The summed E-state index contributed by atoms with van der Waals surface area (Å²) in [6.07, 6.45) is 2.39. The van der Waals surface area contributed by atoms with Crippen molar-refractivity contribution >= 4 is 27.5 Å². The molecule has 1 aliphatic heterocycles. The van der Waals surface area contributed by atoms with Crippen molar-refractivity contribution in [1.29, 1.82) is 0 Å². The summed E-state index contributed by atoms with van der Waals surface area (Å²) in [4.78, 5) is 2.50. The van der Waals surface area contributed by atoms with Gasteiger partial charge in [0.15, 0.2) is 0 Å². The molecule has 1 fully saturated rings. The van der Waals surface area contributed by atoms with Crippen molar-refractivity contribution in [2.45, 2.75) is 31.8 Å². The van der Waals surface area contributed by atoms with E-state index in [2.05, 4.69) is 46.2 Å². The van der Waals surface area contributed by atoms with E-state index in [4.69, 9.17) is 11.6 Å². The van der Waals surface area contributed by atoms with Crippen LogP contribution in [0.15, 0.2) is 22.7 Å². The van der Waals surface area contributed by atoms with Crippen LogP contribution in [0.25, 0.3) is 0 Å². The van der Waals surface area contributed by atoms with Crippen LogP contribution < -0.4 is 5.32 Å². The van der Waals surface area contributed by atoms with E-state index in [-0.39, 0.29) is 0 Å². The largest absolute Gasteiger partial charge is 0.314 e. The molecule has 0 spiro atoms. The molecule has 0 radical (unpaired) electrons. The highest BCUT2D eigenvalue weighted by Gasteiger charge is 2.28. The first-order valence-electron chi connectivity index (χ1n) is 6.38. The normalized spacial score (nSPS) is 20.0. The van der Waals surface area contributed by atoms with Crippen LogP contribution in [-0.4, -0.2) is 30.6 Å². The molecule has 0 aliphatic carbocycles. The summed E-state index contributed by atoms with van der Waals surface area (Å²) in [5.74, 6) is 0. The van der Waals surface area contributed by atoms with Crippen molar-refractivity contribution in [3.05, 3.63) is 33.3 Å². The van der Waals surface area contributed by atoms with Crippen LogP contribution in [0, 0.1) is 0 Å². The number of likely N-dealkylation sites (tertiary alicyclic amines) is 1. The number of halogens is 2. The number of hydrogen-bond acceptors (Lipinski definition) is 2. The van der Waals surface area contributed by atoms with Crippen LogP contribution in [0.2, 0.25) is 5.02 Å². The zero-order valence-electron chi connectivity index (χ0n) is 11.0. The van der Waals surface area contributed by atoms with Crippen molar-refractivity contribution in [3.63, 3.8) is 0 Å². The van der Waals surface area contributed by atoms with Gasteiger partial charge in [-0.15, -0.1) is 0 Å². The molecule has 1 saturated heterocycles. The molecular formula is C14H20BrClN2. The van der Waals surface area contributed by atoms with Crippen molar-refractivity contribution in [2.75, 3.05) is 20.1 Å². The minimum Gasteiger partial charge on any atom is -0.314 e. The smallest absolute Gasteiger partial charge is 0.0410 e. The van der Waals surface area contributed by atoms with Crippen LogP contribution in [0.4, 0.5) is 0 Å². The zero-order valence-corrected chi connectivity index (χ0v) is 13.3. The fourth-order valence-corrected chi connectivity index (χ4v) is 2.93. The average molecular weight is 332 g/mol. The number of piperidine rings is 1. The van der Waals surface area contributed by atoms with E-state index in [1.54, 1.807) is 0 Å². The third kappa shape index (κ3) is 3.47. The molecule has 1 heterocycles. The minimum absolute atomic E-state index is 0.308. The summed E-state index contributed by atoms with van der Waals surface area (Å²) in [7, 11) is 2.06. The highest BCUT2D eigenvalue weighted by atomic mass is 79.9. The first-order valence-corrected chi connectivity index (χ1v) is 7.55. The molecule has 2 rings (SSSR count). The van der Waals surface area contributed by atoms with Crippen LogP contribution in [0.1, 0.15) is 25.3 Å². The molecule has 1 aliphatic rings. The summed E-state index contributed by atoms with van der Waals surface area (Å²) in [5.41, 5.74) is 1.58. The molecule has 1 N–H and O–H groups in total. The molecule has 0 unspecified atom stereocenters. The Kier molecular flexibility index (Phi) is 4.70. The first-order chi connectivity index (χ1) is 8.52. The second kappa shape index (κ2) is 5.91. The van der Waals surface area contributed by atoms with E-state index in [9.17, 15) is 0 Å². The number of hydrogen-bond donors (Lipinski definition) is 1. The molecule has 0 amide bonds. The molecule has 2 nitrogen and oxygen atoms in total. The van der Waals surface area contributed by atoms with Gasteiger partial charge in [0, 0.05) is 34.7 Å². The van der Waals surface area contributed by atoms with Gasteiger partial charge in [0.2, 0.25) is 0 Å². The van der Waals surface area contributed by atoms with Crippen molar-refractivity contribution in [1.82, 2.24) is 10.2 Å². The van der Waals surface area contributed by atoms with E-state index >= 15 is 0 Å². The molecular weight excluding hydrogens is 312 g/mol. The molecule has 0 atom stereocenters. The zero-order chi connectivity index (χ0) is 13.2. The first kappa shape index (κ1) is 14.3. The van der Waals surface area contributed by atoms with E-state index in [1.807, 2.05) is 12.1 Å². The van der Waals surface area contributed by atoms with Crippen molar-refractivity contribution in [3.8, 4) is 0 Å². The van der Waals surface area contributed by atoms with E-state index in [0.29, 0.717) is 5.54 Å². The van der Waals surface area contributed by atoms with Crippen molar-refractivity contribution < 1.29 is 0 Å². The Labute approximate surface area is 123 Å². The van der Waals surface area contributed by atoms with Crippen LogP contribution in [0.5, 0.6) is 0 Å². The highest BCUT2D eigenvalue weighted by Crippen LogP contribution is 2.26. The maximum atomic E-state index is 6.05. The van der Waals surface area contributed by atoms with Crippen molar-refractivity contribution in [2.24, 2.45) is 0 Å². The third-order valence-electron chi connectivity index (χ3n) is 3.96. The lowest BCUT2D eigenvalue weighted by Gasteiger charge is -2.39. The highest BCUT2D eigenvalue weighted by molar-refractivity contribution is 9.10. The predicted molar refractivity (Wildman–Crippen MR) is 81.1 cm³/mol. The molecule has 0 saturated carbocycles. The van der Waals surface area contributed by atoms with Gasteiger partial charge in [0.25, 0.3) is 0 Å². The van der Waals surface area contributed by atoms with E-state index in [0.717, 1.165) is 29.1 Å². The molecule has 18 heavy (non-hydrogen) atoms. The summed E-state index contributed by atoms with van der Waals surface area (Å²) in [5, 5.41) is 4.24. The SMILES string of the molecule is CNC1(C)CCN(Cc2cc(Cl)ccc2Br)CC1. The van der Waals surface area contributed by atoms with Gasteiger partial charge in [0.05, 0.1) is 0 Å². The molecule has 1 aromatic rings. The van der Waals surface area contributed by atoms with Crippen LogP contribution in [-0.2, 0) is 6.54 Å². The van der Waals surface area contributed by atoms with Gasteiger partial charge < -0.3 is 5.32 Å². The molecule has 100 valence electrons. The van der Waals surface area contributed by atoms with E-state index < -0.39 is 0 Å². The van der Waals surface area contributed by atoms with Gasteiger partial charge in [-0.05, 0) is 50.6 Å². The van der Waals surface area contributed by atoms with Crippen LogP contribution in [0.3, 0.4) is 0 Å². The summed E-state index contributed by atoms with van der Waals surface area (Å²) in [6, 6.07) is 6.00. The standard InChI is InChI=1S/C14H20BrClN2/c1-14(17-2)5-7-18(8-6-14)10-11-9-12(16)3-4-13(11)15/h3-4,9,17H,5-8,10H2,1-2H3. The maximum Gasteiger partial charge on any atom is 0.0410 e. The Morgan fingerprint density at radius 3 is 2.67 bits per heavy atom. The van der Waals surface area contributed by atoms with Gasteiger partial charge in [-0.3, -0.25) is 4.90 Å². The Bertz CT molecular complexity index is 414. The minimum atomic E-state index is 0.308. The summed E-state index contributed by atoms with van der Waals surface area (Å²) < 4.78 is 1.15. The molecule has 4 heteroatoms. The lowest BCUT2D eigenvalue weighted by Crippen LogP contribution is -2.49. The van der Waals surface area contributed by atoms with E-state index in [1.165, 1.54) is 18.4 Å². The van der Waals surface area contributed by atoms with Gasteiger partial charge in [-0.25, -0.2) is 0 Å². The summed E-state index contributed by atoms with van der Waals surface area (Å²) in [6.45, 7) is 5.55. The topological polar surface area (TPSA) is 15.3 Å². The monoisotopic (exact) mass is 330 g/mol. The summed E-state index contributed by atoms with van der Waals surface area (Å²) >= 11 is 9.65. The lowest BCUT2D eigenvalue weighted by molar-refractivity contribution is 0.146. The molecule has 0 bridgehead atoms. The Hall–Kier alpha value is -0.0900. The van der Waals surface area contributed by atoms with Gasteiger partial charge >= 0.3 is 0 Å². The predicted octanol–water partition coefficient (Wildman–Crippen LogP) is 3.68. The Morgan fingerprint density at radius 2 is 2.06 bits per heavy atom. The quantitative estimate of drug-likeness (QED) is 0.909. The number of nitrogens with zero attached hydrogens (tertiary/aromatic N) is 1. The Balaban J connectivity index is 1.97. The number of benzene rings is 1. The van der Waals surface area contributed by atoms with Gasteiger partial charge in [-0.2, -0.15) is 0 Å². The van der Waals surface area contributed by atoms with Gasteiger partial charge in [0.1, 0.15) is 0 Å². The maximum absolute atomic E-state index is 6.05. The average Bonchev–Trinajstić information content (AvgIpc) is 2.37. The fourth-order valence-electron chi connectivity index (χ4n) is 2.36. The second-order valence-electron chi connectivity index (χ2n) is 5.32. The number of rotatable bonds is 3. The number of nitrogens with one attached hydrogen (secondary N) is 1. The molecule has 1 aromatic carbocycles. The fraction of sp³-hybridized carbons (Fsp3) is 0.571. The Morgan fingerprint density at radius 1 is 1.39 bits per heavy atom. The second-order valence-corrected chi connectivity index (χ2v) is 6.61. The lowest BCUT2D eigenvalue weighted by atomic mass is 9.90. The van der Waals surface area contributed by atoms with Crippen LogP contribution >= 0.6 is 27.5 Å². The van der Waals surface area contributed by atoms with Gasteiger partial charge in [-0.1, -0.05) is 27.5 Å².